The molecule has 4 heteroatoms. The lowest BCUT2D eigenvalue weighted by molar-refractivity contribution is 0.0600. The lowest BCUT2D eigenvalue weighted by Crippen LogP contribution is -2.01. The topological polar surface area (TPSA) is 50.1 Å². The molecule has 0 heterocycles. The van der Waals surface area contributed by atoms with Crippen molar-refractivity contribution in [1.29, 1.82) is 5.26 Å². The predicted octanol–water partition coefficient (Wildman–Crippen LogP) is 2.62. The first-order chi connectivity index (χ1) is 7.77. The van der Waals surface area contributed by atoms with Gasteiger partial charge in [0.15, 0.2) is 0 Å². The zero-order valence-corrected chi connectivity index (χ0v) is 9.92. The van der Waals surface area contributed by atoms with Crippen LogP contribution in [0.5, 0.6) is 0 Å². The van der Waals surface area contributed by atoms with Gasteiger partial charge in [-0.15, -0.1) is 0 Å². The number of ether oxygens (including phenoxy) is 1. The Balaban J connectivity index is 2.54. The van der Waals surface area contributed by atoms with E-state index in [0.717, 1.165) is 17.1 Å². The molecule has 0 fully saturated rings. The fourth-order valence-corrected chi connectivity index (χ4v) is 2.01. The first-order valence-corrected chi connectivity index (χ1v) is 6.05. The molecule has 0 bridgehead atoms. The van der Waals surface area contributed by atoms with Gasteiger partial charge in [-0.3, -0.25) is 0 Å². The summed E-state index contributed by atoms with van der Waals surface area (Å²) in [5.74, 6) is 1.31. The standard InChI is InChI=1S/C12H13NO2S/c1-15-12(14)11-5-2-4-10(8-11)9-16-7-3-6-13/h2,4-5,8H,3,7,9H2,1H3. The first-order valence-electron chi connectivity index (χ1n) is 4.90. The number of rotatable bonds is 5. The molecule has 1 rings (SSSR count). The fraction of sp³-hybridized carbons (Fsp3) is 0.333. The van der Waals surface area contributed by atoms with E-state index in [-0.39, 0.29) is 5.97 Å². The van der Waals surface area contributed by atoms with Gasteiger partial charge in [0.2, 0.25) is 0 Å². The van der Waals surface area contributed by atoms with Crippen molar-refractivity contribution in [2.75, 3.05) is 12.9 Å². The Hall–Kier alpha value is -1.47. The molecule has 1 aromatic carbocycles. The normalized spacial score (nSPS) is 9.50. The van der Waals surface area contributed by atoms with Crippen molar-refractivity contribution in [2.45, 2.75) is 12.2 Å². The summed E-state index contributed by atoms with van der Waals surface area (Å²) in [6.07, 6.45) is 0.557. The molecule has 84 valence electrons. The Labute approximate surface area is 99.4 Å². The van der Waals surface area contributed by atoms with Crippen molar-refractivity contribution in [3.8, 4) is 6.07 Å². The lowest BCUT2D eigenvalue weighted by Gasteiger charge is -2.03. The van der Waals surface area contributed by atoms with Crippen LogP contribution < -0.4 is 0 Å². The molecule has 0 aromatic heterocycles. The van der Waals surface area contributed by atoms with Crippen LogP contribution in [0.3, 0.4) is 0 Å². The van der Waals surface area contributed by atoms with E-state index in [1.807, 2.05) is 18.2 Å². The van der Waals surface area contributed by atoms with E-state index in [1.165, 1.54) is 7.11 Å². The van der Waals surface area contributed by atoms with Crippen LogP contribution in [0.15, 0.2) is 24.3 Å². The largest absolute Gasteiger partial charge is 0.465 e. The number of hydrogen-bond acceptors (Lipinski definition) is 4. The van der Waals surface area contributed by atoms with Crippen LogP contribution in [0.1, 0.15) is 22.3 Å². The number of carbonyl (C=O) groups excluding carboxylic acids is 1. The van der Waals surface area contributed by atoms with Gasteiger partial charge in [-0.1, -0.05) is 12.1 Å². The molecule has 16 heavy (non-hydrogen) atoms. The molecule has 3 nitrogen and oxygen atoms in total. The van der Waals surface area contributed by atoms with Gasteiger partial charge >= 0.3 is 5.97 Å². The van der Waals surface area contributed by atoms with Gasteiger partial charge in [-0.25, -0.2) is 4.79 Å². The summed E-state index contributed by atoms with van der Waals surface area (Å²) in [6, 6.07) is 9.46. The minimum atomic E-state index is -0.316. The lowest BCUT2D eigenvalue weighted by atomic mass is 10.1. The van der Waals surface area contributed by atoms with Crippen LogP contribution in [-0.4, -0.2) is 18.8 Å². The van der Waals surface area contributed by atoms with Crippen LogP contribution in [-0.2, 0) is 10.5 Å². The van der Waals surface area contributed by atoms with Crippen molar-refractivity contribution >= 4 is 17.7 Å². The highest BCUT2D eigenvalue weighted by molar-refractivity contribution is 7.98. The third-order valence-electron chi connectivity index (χ3n) is 1.98. The number of benzene rings is 1. The highest BCUT2D eigenvalue weighted by atomic mass is 32.2. The van der Waals surface area contributed by atoms with Gasteiger partial charge in [-0.05, 0) is 17.7 Å². The van der Waals surface area contributed by atoms with E-state index in [4.69, 9.17) is 5.26 Å². The van der Waals surface area contributed by atoms with Crippen molar-refractivity contribution in [1.82, 2.24) is 0 Å². The molecule has 0 spiro atoms. The van der Waals surface area contributed by atoms with Crippen molar-refractivity contribution in [2.24, 2.45) is 0 Å². The van der Waals surface area contributed by atoms with E-state index < -0.39 is 0 Å². The number of carbonyl (C=O) groups is 1. The smallest absolute Gasteiger partial charge is 0.337 e. The Bertz CT molecular complexity index is 398. The third-order valence-corrected chi connectivity index (χ3v) is 3.01. The minimum Gasteiger partial charge on any atom is -0.465 e. The van der Waals surface area contributed by atoms with Crippen LogP contribution in [0, 0.1) is 11.3 Å². The summed E-state index contributed by atoms with van der Waals surface area (Å²) in [6.45, 7) is 0. The van der Waals surface area contributed by atoms with Crippen LogP contribution in [0.2, 0.25) is 0 Å². The summed E-state index contributed by atoms with van der Waals surface area (Å²) >= 11 is 1.68. The second kappa shape index (κ2) is 6.91. The SMILES string of the molecule is COC(=O)c1cccc(CSCCC#N)c1. The Morgan fingerprint density at radius 1 is 1.56 bits per heavy atom. The van der Waals surface area contributed by atoms with Gasteiger partial charge in [0, 0.05) is 17.9 Å². The second-order valence-corrected chi connectivity index (χ2v) is 4.26. The molecule has 0 amide bonds. The molecule has 0 aliphatic rings. The van der Waals surface area contributed by atoms with Gasteiger partial charge in [0.25, 0.3) is 0 Å². The summed E-state index contributed by atoms with van der Waals surface area (Å²) in [5, 5.41) is 8.39. The predicted molar refractivity (Wildman–Crippen MR) is 64.2 cm³/mol. The average molecular weight is 235 g/mol. The van der Waals surface area contributed by atoms with E-state index in [0.29, 0.717) is 12.0 Å². The number of esters is 1. The zero-order valence-electron chi connectivity index (χ0n) is 9.10. The quantitative estimate of drug-likeness (QED) is 0.581. The molecular formula is C12H13NO2S. The van der Waals surface area contributed by atoms with Gasteiger partial charge in [0.05, 0.1) is 18.7 Å². The van der Waals surface area contributed by atoms with Crippen LogP contribution in [0.4, 0.5) is 0 Å². The molecule has 1 aromatic rings. The summed E-state index contributed by atoms with van der Waals surface area (Å²) in [7, 11) is 1.37. The summed E-state index contributed by atoms with van der Waals surface area (Å²) in [4.78, 5) is 11.3. The summed E-state index contributed by atoms with van der Waals surface area (Å²) in [5.41, 5.74) is 1.65. The number of methoxy groups -OCH3 is 1. The number of hydrogen-bond donors (Lipinski definition) is 0. The van der Waals surface area contributed by atoms with Crippen LogP contribution >= 0.6 is 11.8 Å². The number of nitrogens with zero attached hydrogens (tertiary/aromatic N) is 1. The van der Waals surface area contributed by atoms with E-state index in [2.05, 4.69) is 10.8 Å². The Kier molecular flexibility index (Phi) is 5.44. The third kappa shape index (κ3) is 3.95. The molecule has 0 aliphatic heterocycles. The molecule has 0 saturated heterocycles. The van der Waals surface area contributed by atoms with E-state index in [9.17, 15) is 4.79 Å². The summed E-state index contributed by atoms with van der Waals surface area (Å²) < 4.78 is 4.65. The molecule has 0 saturated carbocycles. The molecule has 0 radical (unpaired) electrons. The van der Waals surface area contributed by atoms with Gasteiger partial charge in [0.1, 0.15) is 0 Å². The fourth-order valence-electron chi connectivity index (χ4n) is 1.21. The zero-order chi connectivity index (χ0) is 11.8. The average Bonchev–Trinajstić information content (AvgIpc) is 2.34. The second-order valence-electron chi connectivity index (χ2n) is 3.15. The molecule has 0 N–H and O–H groups in total. The van der Waals surface area contributed by atoms with E-state index in [1.54, 1.807) is 17.8 Å². The van der Waals surface area contributed by atoms with E-state index >= 15 is 0 Å². The maximum Gasteiger partial charge on any atom is 0.337 e. The molecular weight excluding hydrogens is 222 g/mol. The molecule has 0 atom stereocenters. The molecule has 0 aliphatic carbocycles. The Morgan fingerprint density at radius 3 is 3.06 bits per heavy atom. The molecule has 0 unspecified atom stereocenters. The highest BCUT2D eigenvalue weighted by Crippen LogP contribution is 2.14. The first kappa shape index (κ1) is 12.6. The highest BCUT2D eigenvalue weighted by Gasteiger charge is 2.05. The van der Waals surface area contributed by atoms with Gasteiger partial charge in [-0.2, -0.15) is 17.0 Å². The maximum atomic E-state index is 11.3. The minimum absolute atomic E-state index is 0.316. The monoisotopic (exact) mass is 235 g/mol. The maximum absolute atomic E-state index is 11.3. The van der Waals surface area contributed by atoms with Crippen molar-refractivity contribution in [3.63, 3.8) is 0 Å². The van der Waals surface area contributed by atoms with Crippen LogP contribution in [0.25, 0.3) is 0 Å². The van der Waals surface area contributed by atoms with Gasteiger partial charge < -0.3 is 4.74 Å². The number of thioether (sulfide) groups is 1. The Morgan fingerprint density at radius 2 is 2.38 bits per heavy atom. The van der Waals surface area contributed by atoms with Crippen molar-refractivity contribution in [3.05, 3.63) is 35.4 Å². The number of nitriles is 1. The van der Waals surface area contributed by atoms with Crippen molar-refractivity contribution < 1.29 is 9.53 Å².